The number of piperidine rings is 1. The maximum Gasteiger partial charge on any atom is 0.407 e. The molecular weight excluding hydrogens is 302 g/mol. The molecule has 2 atom stereocenters. The zero-order chi connectivity index (χ0) is 17.5. The Hall–Kier alpha value is -1.34. The zero-order valence-corrected chi connectivity index (χ0v) is 14.5. The number of carbonyl (C=O) groups is 2. The highest BCUT2D eigenvalue weighted by molar-refractivity contribution is 5.70. The molecule has 0 saturated carbocycles. The molecule has 1 rings (SSSR count). The Labute approximate surface area is 137 Å². The van der Waals surface area contributed by atoms with Gasteiger partial charge in [-0.1, -0.05) is 20.8 Å². The first-order valence-corrected chi connectivity index (χ1v) is 8.10. The monoisotopic (exact) mass is 331 g/mol. The van der Waals surface area contributed by atoms with E-state index in [1.54, 1.807) is 6.92 Å². The van der Waals surface area contributed by atoms with Crippen LogP contribution in [0.2, 0.25) is 0 Å². The van der Waals surface area contributed by atoms with Crippen LogP contribution in [0.4, 0.5) is 4.79 Å². The molecule has 0 aliphatic carbocycles. The molecular formula is C16H29NO6. The second-order valence-corrected chi connectivity index (χ2v) is 6.73. The average Bonchev–Trinajstić information content (AvgIpc) is 2.46. The molecule has 7 nitrogen and oxygen atoms in total. The maximum absolute atomic E-state index is 11.4. The summed E-state index contributed by atoms with van der Waals surface area (Å²) in [4.78, 5) is 24.0. The molecule has 134 valence electrons. The molecule has 1 aliphatic heterocycles. The van der Waals surface area contributed by atoms with Crippen LogP contribution in [0.5, 0.6) is 0 Å². The fraction of sp³-hybridized carbons (Fsp3) is 0.875. The van der Waals surface area contributed by atoms with Crippen molar-refractivity contribution in [1.82, 2.24) is 4.90 Å². The van der Waals surface area contributed by atoms with Crippen LogP contribution in [0.25, 0.3) is 0 Å². The van der Waals surface area contributed by atoms with Crippen LogP contribution in [0.1, 0.15) is 40.5 Å². The molecule has 23 heavy (non-hydrogen) atoms. The van der Waals surface area contributed by atoms with Crippen molar-refractivity contribution in [3.8, 4) is 0 Å². The lowest BCUT2D eigenvalue weighted by Gasteiger charge is -2.44. The van der Waals surface area contributed by atoms with Crippen molar-refractivity contribution in [3.05, 3.63) is 0 Å². The molecule has 1 saturated heterocycles. The van der Waals surface area contributed by atoms with Crippen molar-refractivity contribution >= 4 is 12.1 Å². The molecule has 0 aromatic rings. The van der Waals surface area contributed by atoms with Crippen LogP contribution in [-0.4, -0.2) is 67.2 Å². The molecule has 1 fully saturated rings. The number of carboxylic acid groups (broad SMARTS) is 1. The number of hydrogen-bond acceptors (Lipinski definition) is 5. The zero-order valence-electron chi connectivity index (χ0n) is 14.5. The summed E-state index contributed by atoms with van der Waals surface area (Å²) in [6, 6.07) is -0.0702. The number of ether oxygens (including phenoxy) is 3. The number of nitrogens with zero attached hydrogens (tertiary/aromatic N) is 1. The molecule has 7 heteroatoms. The number of amides is 1. The van der Waals surface area contributed by atoms with Gasteiger partial charge in [-0.25, -0.2) is 9.59 Å². The van der Waals surface area contributed by atoms with E-state index in [1.165, 1.54) is 4.90 Å². The average molecular weight is 331 g/mol. The highest BCUT2D eigenvalue weighted by Crippen LogP contribution is 2.33. The lowest BCUT2D eigenvalue weighted by molar-refractivity contribution is -0.149. The minimum atomic E-state index is -0.874. The van der Waals surface area contributed by atoms with Crippen molar-refractivity contribution in [2.75, 3.05) is 33.0 Å². The molecule has 0 aromatic heterocycles. The Kier molecular flexibility index (Phi) is 7.78. The Morgan fingerprint density at radius 2 is 1.96 bits per heavy atom. The van der Waals surface area contributed by atoms with Gasteiger partial charge in [0.2, 0.25) is 0 Å². The summed E-state index contributed by atoms with van der Waals surface area (Å²) < 4.78 is 15.7. The summed E-state index contributed by atoms with van der Waals surface area (Å²) in [6.07, 6.45) is 0.493. The largest absolute Gasteiger partial charge is 0.465 e. The normalized spacial score (nSPS) is 22.0. The van der Waals surface area contributed by atoms with Crippen molar-refractivity contribution < 1.29 is 28.9 Å². The number of carbonyl (C=O) groups excluding carboxylic acids is 1. The Morgan fingerprint density at radius 3 is 2.52 bits per heavy atom. The SMILES string of the molecule is CCOC(=O)COCCOC1CCN(C(=O)O)C(C(C)(C)C)C1. The fourth-order valence-corrected chi connectivity index (χ4v) is 2.77. The third kappa shape index (κ3) is 6.74. The van der Waals surface area contributed by atoms with Crippen LogP contribution < -0.4 is 0 Å². The second-order valence-electron chi connectivity index (χ2n) is 6.73. The van der Waals surface area contributed by atoms with E-state index in [2.05, 4.69) is 0 Å². The van der Waals surface area contributed by atoms with Gasteiger partial charge in [0, 0.05) is 12.6 Å². The van der Waals surface area contributed by atoms with Gasteiger partial charge < -0.3 is 24.2 Å². The minimum Gasteiger partial charge on any atom is -0.465 e. The standard InChI is InChI=1S/C16H29NO6/c1-5-22-14(18)11-21-8-9-23-12-6-7-17(15(19)20)13(10-12)16(2,3)4/h12-13H,5-11H2,1-4H3,(H,19,20). The maximum atomic E-state index is 11.4. The van der Waals surface area contributed by atoms with Gasteiger partial charge in [-0.2, -0.15) is 0 Å². The van der Waals surface area contributed by atoms with Gasteiger partial charge in [0.1, 0.15) is 6.61 Å². The Bertz CT molecular complexity index is 393. The van der Waals surface area contributed by atoms with E-state index >= 15 is 0 Å². The smallest absolute Gasteiger partial charge is 0.407 e. The van der Waals surface area contributed by atoms with E-state index in [0.29, 0.717) is 39.2 Å². The van der Waals surface area contributed by atoms with Crippen LogP contribution >= 0.6 is 0 Å². The van der Waals surface area contributed by atoms with Gasteiger partial charge in [-0.15, -0.1) is 0 Å². The van der Waals surface area contributed by atoms with Gasteiger partial charge in [-0.05, 0) is 25.2 Å². The van der Waals surface area contributed by atoms with Crippen LogP contribution in [0.3, 0.4) is 0 Å². The Morgan fingerprint density at radius 1 is 1.26 bits per heavy atom. The van der Waals surface area contributed by atoms with Gasteiger partial charge in [0.05, 0.1) is 25.9 Å². The molecule has 0 radical (unpaired) electrons. The lowest BCUT2D eigenvalue weighted by Crippen LogP contribution is -2.53. The summed E-state index contributed by atoms with van der Waals surface area (Å²) in [6.45, 7) is 9.32. The summed E-state index contributed by atoms with van der Waals surface area (Å²) >= 11 is 0. The van der Waals surface area contributed by atoms with Gasteiger partial charge >= 0.3 is 12.1 Å². The highest BCUT2D eigenvalue weighted by atomic mass is 16.6. The van der Waals surface area contributed by atoms with Crippen LogP contribution in [0, 0.1) is 5.41 Å². The lowest BCUT2D eigenvalue weighted by atomic mass is 9.80. The molecule has 1 heterocycles. The number of hydrogen-bond donors (Lipinski definition) is 1. The van der Waals surface area contributed by atoms with Crippen molar-refractivity contribution in [2.45, 2.75) is 52.7 Å². The van der Waals surface area contributed by atoms with E-state index < -0.39 is 6.09 Å². The molecule has 1 aliphatic rings. The molecule has 0 bridgehead atoms. The van der Waals surface area contributed by atoms with E-state index in [1.807, 2.05) is 20.8 Å². The van der Waals surface area contributed by atoms with Gasteiger partial charge in [0.15, 0.2) is 0 Å². The number of likely N-dealkylation sites (tertiary alicyclic amines) is 1. The summed E-state index contributed by atoms with van der Waals surface area (Å²) in [5.74, 6) is -0.380. The van der Waals surface area contributed by atoms with E-state index in [-0.39, 0.29) is 30.1 Å². The summed E-state index contributed by atoms with van der Waals surface area (Å²) in [5, 5.41) is 9.32. The number of rotatable bonds is 7. The highest BCUT2D eigenvalue weighted by Gasteiger charge is 2.38. The first-order chi connectivity index (χ1) is 10.8. The first kappa shape index (κ1) is 19.7. The molecule has 0 spiro atoms. The first-order valence-electron chi connectivity index (χ1n) is 8.10. The molecule has 1 N–H and O–H groups in total. The predicted molar refractivity (Wildman–Crippen MR) is 84.4 cm³/mol. The fourth-order valence-electron chi connectivity index (χ4n) is 2.77. The quantitative estimate of drug-likeness (QED) is 0.568. The van der Waals surface area contributed by atoms with Gasteiger partial charge in [0.25, 0.3) is 0 Å². The molecule has 0 aromatic carbocycles. The van der Waals surface area contributed by atoms with Crippen LogP contribution in [-0.2, 0) is 19.0 Å². The van der Waals surface area contributed by atoms with Crippen molar-refractivity contribution in [3.63, 3.8) is 0 Å². The number of esters is 1. The van der Waals surface area contributed by atoms with E-state index in [4.69, 9.17) is 14.2 Å². The van der Waals surface area contributed by atoms with Crippen LogP contribution in [0.15, 0.2) is 0 Å². The van der Waals surface area contributed by atoms with Gasteiger partial charge in [-0.3, -0.25) is 0 Å². The molecule has 2 unspecified atom stereocenters. The van der Waals surface area contributed by atoms with Crippen molar-refractivity contribution in [2.24, 2.45) is 5.41 Å². The van der Waals surface area contributed by atoms with E-state index in [9.17, 15) is 14.7 Å². The van der Waals surface area contributed by atoms with E-state index in [0.717, 1.165) is 0 Å². The topological polar surface area (TPSA) is 85.3 Å². The van der Waals surface area contributed by atoms with Crippen molar-refractivity contribution in [1.29, 1.82) is 0 Å². The minimum absolute atomic E-state index is 0.0148. The molecule has 1 amide bonds. The predicted octanol–water partition coefficient (Wildman–Crippen LogP) is 2.14. The third-order valence-electron chi connectivity index (χ3n) is 3.91. The third-order valence-corrected chi connectivity index (χ3v) is 3.91. The summed E-state index contributed by atoms with van der Waals surface area (Å²) in [5.41, 5.74) is -0.138. The second kappa shape index (κ2) is 9.08. The Balaban J connectivity index is 2.33. The summed E-state index contributed by atoms with van der Waals surface area (Å²) in [7, 11) is 0.